The fourth-order valence-electron chi connectivity index (χ4n) is 2.27. The van der Waals surface area contributed by atoms with E-state index in [1.165, 1.54) is 0 Å². The van der Waals surface area contributed by atoms with Gasteiger partial charge in [-0.3, -0.25) is 10.2 Å². The maximum atomic E-state index is 6.01. The monoisotopic (exact) mass is 310 g/mol. The second-order valence-corrected chi connectivity index (χ2v) is 5.25. The second kappa shape index (κ2) is 5.16. The second-order valence-electron chi connectivity index (χ2n) is 4.82. The van der Waals surface area contributed by atoms with Crippen molar-refractivity contribution in [3.8, 4) is 11.1 Å². The van der Waals surface area contributed by atoms with Crippen molar-refractivity contribution in [3.63, 3.8) is 0 Å². The summed E-state index contributed by atoms with van der Waals surface area (Å²) < 4.78 is 0. The van der Waals surface area contributed by atoms with Crippen LogP contribution in [0.25, 0.3) is 22.2 Å². The third-order valence-electron chi connectivity index (χ3n) is 3.34. The molecule has 0 unspecified atom stereocenters. The van der Waals surface area contributed by atoms with Gasteiger partial charge in [0.15, 0.2) is 5.65 Å². The van der Waals surface area contributed by atoms with E-state index in [1.807, 2.05) is 36.5 Å². The largest absolute Gasteiger partial charge is 0.340 e. The van der Waals surface area contributed by atoms with Crippen molar-refractivity contribution in [3.05, 3.63) is 53.9 Å². The van der Waals surface area contributed by atoms with Crippen LogP contribution in [-0.4, -0.2) is 25.4 Å². The van der Waals surface area contributed by atoms with Crippen molar-refractivity contribution in [2.45, 2.75) is 0 Å². The molecule has 0 aliphatic rings. The van der Waals surface area contributed by atoms with Crippen molar-refractivity contribution in [2.24, 2.45) is 0 Å². The number of rotatable bonds is 3. The van der Waals surface area contributed by atoms with Crippen LogP contribution < -0.4 is 5.32 Å². The Morgan fingerprint density at radius 3 is 2.86 bits per heavy atom. The number of nitrogens with zero attached hydrogens (tertiary/aromatic N) is 3. The van der Waals surface area contributed by atoms with Gasteiger partial charge in [-0.15, -0.1) is 0 Å². The van der Waals surface area contributed by atoms with Crippen molar-refractivity contribution in [1.82, 2.24) is 25.4 Å². The van der Waals surface area contributed by atoms with Crippen LogP contribution in [0.5, 0.6) is 0 Å². The molecule has 1 aromatic carbocycles. The lowest BCUT2D eigenvalue weighted by Crippen LogP contribution is -1.91. The molecule has 4 aromatic rings. The number of hydrogen-bond donors (Lipinski definition) is 3. The number of pyridine rings is 1. The Morgan fingerprint density at radius 2 is 2.05 bits per heavy atom. The molecule has 0 spiro atoms. The number of halogens is 1. The van der Waals surface area contributed by atoms with Gasteiger partial charge >= 0.3 is 0 Å². The van der Waals surface area contributed by atoms with Crippen LogP contribution in [0.1, 0.15) is 0 Å². The normalized spacial score (nSPS) is 11.0. The molecule has 0 aliphatic carbocycles. The van der Waals surface area contributed by atoms with E-state index in [9.17, 15) is 0 Å². The average molecular weight is 311 g/mol. The molecule has 108 valence electrons. The maximum Gasteiger partial charge on any atom is 0.183 e. The van der Waals surface area contributed by atoms with Crippen LogP contribution >= 0.6 is 11.6 Å². The summed E-state index contributed by atoms with van der Waals surface area (Å²) in [6.45, 7) is 0. The van der Waals surface area contributed by atoms with Gasteiger partial charge in [0.1, 0.15) is 5.82 Å². The summed E-state index contributed by atoms with van der Waals surface area (Å²) in [5.41, 5.74) is 3.48. The maximum absolute atomic E-state index is 6.01. The number of aromatic nitrogens is 5. The Morgan fingerprint density at radius 1 is 1.09 bits per heavy atom. The van der Waals surface area contributed by atoms with Gasteiger partial charge in [-0.25, -0.2) is 4.98 Å². The van der Waals surface area contributed by atoms with E-state index in [4.69, 9.17) is 11.6 Å². The van der Waals surface area contributed by atoms with Crippen molar-refractivity contribution in [2.75, 3.05) is 5.32 Å². The molecule has 0 aliphatic heterocycles. The fourth-order valence-corrected chi connectivity index (χ4v) is 2.46. The zero-order valence-electron chi connectivity index (χ0n) is 11.3. The summed E-state index contributed by atoms with van der Waals surface area (Å²) in [5, 5.41) is 18.8. The Hall–Kier alpha value is -2.86. The Bertz CT molecular complexity index is 928. The van der Waals surface area contributed by atoms with Crippen molar-refractivity contribution in [1.29, 1.82) is 0 Å². The number of fused-ring (bicyclic) bond motifs is 1. The number of aromatic amines is 2. The third kappa shape index (κ3) is 2.29. The first-order valence-electron chi connectivity index (χ1n) is 6.65. The van der Waals surface area contributed by atoms with Gasteiger partial charge in [0, 0.05) is 34.2 Å². The zero-order valence-corrected chi connectivity index (χ0v) is 12.1. The molecule has 22 heavy (non-hydrogen) atoms. The van der Waals surface area contributed by atoms with Crippen LogP contribution in [0.4, 0.5) is 11.5 Å². The number of anilines is 2. The molecule has 0 fully saturated rings. The fraction of sp³-hybridized carbons (Fsp3) is 0. The van der Waals surface area contributed by atoms with Crippen LogP contribution in [-0.2, 0) is 0 Å². The molecule has 3 aromatic heterocycles. The highest BCUT2D eigenvalue weighted by atomic mass is 35.5. The molecule has 0 saturated heterocycles. The molecule has 3 heterocycles. The van der Waals surface area contributed by atoms with Crippen molar-refractivity contribution >= 4 is 34.1 Å². The number of H-pyrrole nitrogens is 2. The first-order chi connectivity index (χ1) is 10.8. The summed E-state index contributed by atoms with van der Waals surface area (Å²) in [5.74, 6) is 0.773. The van der Waals surface area contributed by atoms with Crippen molar-refractivity contribution < 1.29 is 0 Å². The SMILES string of the molecule is Clc1cccc(Nc2[nH]nc3ncc(-c4cn[nH]c4)cc23)c1. The van der Waals surface area contributed by atoms with Gasteiger partial charge in [-0.2, -0.15) is 10.2 Å². The number of nitrogens with one attached hydrogen (secondary N) is 3. The van der Waals surface area contributed by atoms with Crippen LogP contribution in [0.2, 0.25) is 5.02 Å². The summed E-state index contributed by atoms with van der Waals surface area (Å²) in [7, 11) is 0. The highest BCUT2D eigenvalue weighted by Gasteiger charge is 2.09. The van der Waals surface area contributed by atoms with Crippen LogP contribution in [0.3, 0.4) is 0 Å². The van der Waals surface area contributed by atoms with Gasteiger partial charge in [0.05, 0.1) is 11.6 Å². The van der Waals surface area contributed by atoms with Crippen LogP contribution in [0, 0.1) is 0 Å². The standard InChI is InChI=1S/C15H11ClN6/c16-11-2-1-3-12(5-11)20-15-13-4-9(10-7-18-19-8-10)6-17-14(13)21-22-15/h1-8H,(H,18,19)(H2,17,20,21,22). The quantitative estimate of drug-likeness (QED) is 0.538. The summed E-state index contributed by atoms with van der Waals surface area (Å²) in [6.07, 6.45) is 5.36. The van der Waals surface area contributed by atoms with E-state index in [0.29, 0.717) is 10.7 Å². The molecule has 4 rings (SSSR count). The van der Waals surface area contributed by atoms with E-state index >= 15 is 0 Å². The molecule has 6 nitrogen and oxygen atoms in total. The molecule has 0 amide bonds. The summed E-state index contributed by atoms with van der Waals surface area (Å²) >= 11 is 6.01. The first kappa shape index (κ1) is 12.8. The predicted octanol–water partition coefficient (Wildman–Crippen LogP) is 3.75. The summed E-state index contributed by atoms with van der Waals surface area (Å²) in [4.78, 5) is 4.37. The van der Waals surface area contributed by atoms with Crippen LogP contribution in [0.15, 0.2) is 48.9 Å². The minimum absolute atomic E-state index is 0.650. The van der Waals surface area contributed by atoms with E-state index < -0.39 is 0 Å². The van der Waals surface area contributed by atoms with E-state index in [0.717, 1.165) is 28.0 Å². The molecule has 0 radical (unpaired) electrons. The van der Waals surface area contributed by atoms with Gasteiger partial charge in [0.2, 0.25) is 0 Å². The van der Waals surface area contributed by atoms with E-state index in [2.05, 4.69) is 30.7 Å². The van der Waals surface area contributed by atoms with E-state index in [-0.39, 0.29) is 0 Å². The molecule has 7 heteroatoms. The lowest BCUT2D eigenvalue weighted by molar-refractivity contribution is 1.09. The molecule has 0 atom stereocenters. The third-order valence-corrected chi connectivity index (χ3v) is 3.57. The summed E-state index contributed by atoms with van der Waals surface area (Å²) in [6, 6.07) is 9.52. The lowest BCUT2D eigenvalue weighted by Gasteiger charge is -2.05. The Labute approximate surface area is 130 Å². The molecule has 3 N–H and O–H groups in total. The smallest absolute Gasteiger partial charge is 0.183 e. The molecule has 0 bridgehead atoms. The van der Waals surface area contributed by atoms with Gasteiger partial charge < -0.3 is 5.32 Å². The van der Waals surface area contributed by atoms with Gasteiger partial charge in [-0.1, -0.05) is 17.7 Å². The topological polar surface area (TPSA) is 82.3 Å². The minimum atomic E-state index is 0.650. The highest BCUT2D eigenvalue weighted by Crippen LogP contribution is 2.27. The predicted molar refractivity (Wildman–Crippen MR) is 86.2 cm³/mol. The molecular formula is C15H11ClN6. The number of benzene rings is 1. The van der Waals surface area contributed by atoms with Gasteiger partial charge in [-0.05, 0) is 24.3 Å². The first-order valence-corrected chi connectivity index (χ1v) is 7.03. The van der Waals surface area contributed by atoms with Gasteiger partial charge in [0.25, 0.3) is 0 Å². The zero-order chi connectivity index (χ0) is 14.9. The lowest BCUT2D eigenvalue weighted by atomic mass is 10.1. The molecule has 0 saturated carbocycles. The van der Waals surface area contributed by atoms with E-state index in [1.54, 1.807) is 12.4 Å². The Balaban J connectivity index is 1.76. The Kier molecular flexibility index (Phi) is 3.01. The average Bonchev–Trinajstić information content (AvgIpc) is 3.17. The minimum Gasteiger partial charge on any atom is -0.340 e. The molecular weight excluding hydrogens is 300 g/mol. The highest BCUT2D eigenvalue weighted by molar-refractivity contribution is 6.30. The number of hydrogen-bond acceptors (Lipinski definition) is 4.